The van der Waals surface area contributed by atoms with E-state index < -0.39 is 10.0 Å². The van der Waals surface area contributed by atoms with Gasteiger partial charge in [-0.15, -0.1) is 0 Å². The number of hydrogen-bond acceptors (Lipinski definition) is 3. The Labute approximate surface area is 180 Å². The van der Waals surface area contributed by atoms with Crippen molar-refractivity contribution in [1.29, 1.82) is 0 Å². The molecule has 1 aliphatic heterocycles. The van der Waals surface area contributed by atoms with Crippen molar-refractivity contribution in [3.05, 3.63) is 63.0 Å². The molecule has 0 unspecified atom stereocenters. The van der Waals surface area contributed by atoms with E-state index in [0.717, 1.165) is 30.2 Å². The molecule has 5 nitrogen and oxygen atoms in total. The van der Waals surface area contributed by atoms with Gasteiger partial charge in [-0.05, 0) is 50.1 Å². The number of nitrogens with one attached hydrogen (secondary N) is 1. The van der Waals surface area contributed by atoms with Crippen molar-refractivity contribution in [2.45, 2.75) is 32.6 Å². The van der Waals surface area contributed by atoms with Crippen LogP contribution in [0.1, 0.15) is 32.6 Å². The number of halogens is 2. The van der Waals surface area contributed by atoms with Gasteiger partial charge >= 0.3 is 0 Å². The van der Waals surface area contributed by atoms with Crippen molar-refractivity contribution in [2.24, 2.45) is 0 Å². The second-order valence-electron chi connectivity index (χ2n) is 6.57. The van der Waals surface area contributed by atoms with Gasteiger partial charge < -0.3 is 5.32 Å². The lowest BCUT2D eigenvalue weighted by Gasteiger charge is -2.20. The second kappa shape index (κ2) is 10.4. The Bertz CT molecular complexity index is 885. The summed E-state index contributed by atoms with van der Waals surface area (Å²) in [7, 11) is -3.70. The van der Waals surface area contributed by atoms with Crippen LogP contribution < -0.4 is 5.32 Å². The summed E-state index contributed by atoms with van der Waals surface area (Å²) in [6.07, 6.45) is 6.61. The van der Waals surface area contributed by atoms with Crippen LogP contribution in [0.25, 0.3) is 0 Å². The van der Waals surface area contributed by atoms with Crippen molar-refractivity contribution < 1.29 is 13.2 Å². The van der Waals surface area contributed by atoms with Crippen LogP contribution in [0.5, 0.6) is 0 Å². The molecule has 0 atom stereocenters. The monoisotopic (exact) mass is 486 g/mol. The number of nitrogens with zero attached hydrogens (tertiary/aromatic N) is 1. The highest BCUT2D eigenvalue weighted by atomic mass is 79.9. The van der Waals surface area contributed by atoms with Crippen LogP contribution in [0, 0.1) is 0 Å². The fraction of sp³-hybridized carbons (Fsp3) is 0.350. The van der Waals surface area contributed by atoms with E-state index >= 15 is 0 Å². The van der Waals surface area contributed by atoms with Gasteiger partial charge in [-0.1, -0.05) is 53.0 Å². The Balaban J connectivity index is 2.06. The zero-order valence-electron chi connectivity index (χ0n) is 15.7. The molecule has 8 heteroatoms. The van der Waals surface area contributed by atoms with Crippen molar-refractivity contribution in [2.75, 3.05) is 18.4 Å². The first-order chi connectivity index (χ1) is 13.2. The molecular weight excluding hydrogens is 464 g/mol. The molecule has 1 aromatic rings. The zero-order valence-corrected chi connectivity index (χ0v) is 18.9. The molecule has 1 amide bonds. The third kappa shape index (κ3) is 6.30. The van der Waals surface area contributed by atoms with Crippen LogP contribution in [0.4, 0.5) is 5.69 Å². The number of carbonyl (C=O) groups is 1. The molecule has 1 aliphatic rings. The van der Waals surface area contributed by atoms with Gasteiger partial charge in [0, 0.05) is 28.8 Å². The standard InChI is InChI=1S/C20H24BrClN2O3S/c1-15(20(25)23-18-10-8-17(21)9-11-18)7-12-19(22)16(2)28(26,27)24-13-5-3-4-6-14-24/h7-12H,2-6,13-14H2,1H3,(H,23,25)/b15-7+,19-12+. The minimum Gasteiger partial charge on any atom is -0.322 e. The minimum atomic E-state index is -3.70. The van der Waals surface area contributed by atoms with E-state index in [1.165, 1.54) is 16.5 Å². The topological polar surface area (TPSA) is 66.5 Å². The van der Waals surface area contributed by atoms with E-state index in [4.69, 9.17) is 11.6 Å². The third-order valence-corrected chi connectivity index (χ3v) is 7.31. The lowest BCUT2D eigenvalue weighted by Crippen LogP contribution is -2.32. The van der Waals surface area contributed by atoms with Crippen molar-refractivity contribution in [3.8, 4) is 0 Å². The molecule has 1 aromatic carbocycles. The summed E-state index contributed by atoms with van der Waals surface area (Å²) in [5, 5.41) is 2.76. The van der Waals surface area contributed by atoms with Gasteiger partial charge in [-0.25, -0.2) is 8.42 Å². The van der Waals surface area contributed by atoms with E-state index in [9.17, 15) is 13.2 Å². The fourth-order valence-corrected chi connectivity index (χ4v) is 4.68. The number of anilines is 1. The molecule has 0 radical (unpaired) electrons. The molecule has 2 rings (SSSR count). The third-order valence-electron chi connectivity index (χ3n) is 4.42. The quantitative estimate of drug-likeness (QED) is 0.444. The smallest absolute Gasteiger partial charge is 0.251 e. The summed E-state index contributed by atoms with van der Waals surface area (Å²) in [5.74, 6) is -0.302. The molecule has 1 fully saturated rings. The summed E-state index contributed by atoms with van der Waals surface area (Å²) in [6.45, 7) is 6.26. The first kappa shape index (κ1) is 22.9. The average Bonchev–Trinajstić information content (AvgIpc) is 2.97. The van der Waals surface area contributed by atoms with Gasteiger partial charge in [-0.3, -0.25) is 4.79 Å². The molecule has 0 saturated carbocycles. The molecule has 0 bridgehead atoms. The van der Waals surface area contributed by atoms with Gasteiger partial charge in [0.25, 0.3) is 5.91 Å². The second-order valence-corrected chi connectivity index (χ2v) is 9.85. The average molecular weight is 488 g/mol. The number of allylic oxidation sites excluding steroid dienone is 3. The molecule has 28 heavy (non-hydrogen) atoms. The number of hydrogen-bond donors (Lipinski definition) is 1. The van der Waals surface area contributed by atoms with Gasteiger partial charge in [0.1, 0.15) is 0 Å². The van der Waals surface area contributed by atoms with Crippen LogP contribution in [-0.2, 0) is 14.8 Å². The van der Waals surface area contributed by atoms with Gasteiger partial charge in [0.05, 0.1) is 9.94 Å². The highest BCUT2D eigenvalue weighted by Gasteiger charge is 2.27. The van der Waals surface area contributed by atoms with E-state index in [-0.39, 0.29) is 15.8 Å². The maximum atomic E-state index is 12.7. The first-order valence-corrected chi connectivity index (χ1v) is 11.6. The number of rotatable bonds is 6. The normalized spacial score (nSPS) is 17.1. The molecule has 152 valence electrons. The van der Waals surface area contributed by atoms with Crippen LogP contribution in [0.2, 0.25) is 0 Å². The Hall–Kier alpha value is -1.41. The predicted molar refractivity (Wildman–Crippen MR) is 119 cm³/mol. The Kier molecular flexibility index (Phi) is 8.49. The maximum Gasteiger partial charge on any atom is 0.251 e. The number of carbonyl (C=O) groups excluding carboxylic acids is 1. The summed E-state index contributed by atoms with van der Waals surface area (Å²) in [6, 6.07) is 7.19. The van der Waals surface area contributed by atoms with Crippen molar-refractivity contribution in [3.63, 3.8) is 0 Å². The van der Waals surface area contributed by atoms with Crippen LogP contribution in [-0.4, -0.2) is 31.7 Å². The highest BCUT2D eigenvalue weighted by molar-refractivity contribution is 9.10. The SMILES string of the molecule is C=C(/C(Cl)=C\C=C(/C)C(=O)Nc1ccc(Br)cc1)S(=O)(=O)N1CCCCCC1. The van der Waals surface area contributed by atoms with Crippen LogP contribution in [0.15, 0.2) is 63.0 Å². The van der Waals surface area contributed by atoms with E-state index in [2.05, 4.69) is 27.8 Å². The van der Waals surface area contributed by atoms with Crippen LogP contribution in [0.3, 0.4) is 0 Å². The van der Waals surface area contributed by atoms with Gasteiger partial charge in [0.15, 0.2) is 0 Å². The molecule has 0 aliphatic carbocycles. The van der Waals surface area contributed by atoms with Gasteiger partial charge in [0.2, 0.25) is 10.0 Å². The zero-order chi connectivity index (χ0) is 20.7. The van der Waals surface area contributed by atoms with Crippen molar-refractivity contribution in [1.82, 2.24) is 4.31 Å². The Morgan fingerprint density at radius 2 is 1.71 bits per heavy atom. The Morgan fingerprint density at radius 3 is 2.29 bits per heavy atom. The predicted octanol–water partition coefficient (Wildman–Crippen LogP) is 5.18. The maximum absolute atomic E-state index is 12.7. The Morgan fingerprint density at radius 1 is 1.14 bits per heavy atom. The number of amides is 1. The molecule has 1 heterocycles. The van der Waals surface area contributed by atoms with E-state index in [0.29, 0.717) is 24.4 Å². The van der Waals surface area contributed by atoms with Gasteiger partial charge in [-0.2, -0.15) is 4.31 Å². The lowest BCUT2D eigenvalue weighted by molar-refractivity contribution is -0.112. The van der Waals surface area contributed by atoms with E-state index in [1.54, 1.807) is 19.1 Å². The number of benzene rings is 1. The molecule has 0 spiro atoms. The molecular formula is C20H24BrClN2O3S. The highest BCUT2D eigenvalue weighted by Crippen LogP contribution is 2.25. The first-order valence-electron chi connectivity index (χ1n) is 9.02. The summed E-state index contributed by atoms with van der Waals surface area (Å²) >= 11 is 9.51. The molecule has 1 N–H and O–H groups in total. The van der Waals surface area contributed by atoms with Crippen molar-refractivity contribution >= 4 is 49.1 Å². The number of sulfonamides is 1. The van der Waals surface area contributed by atoms with Crippen LogP contribution >= 0.6 is 27.5 Å². The summed E-state index contributed by atoms with van der Waals surface area (Å²) in [5.41, 5.74) is 1.05. The largest absolute Gasteiger partial charge is 0.322 e. The molecule has 0 aromatic heterocycles. The molecule has 1 saturated heterocycles. The fourth-order valence-electron chi connectivity index (χ4n) is 2.69. The minimum absolute atomic E-state index is 0.0000358. The summed E-state index contributed by atoms with van der Waals surface area (Å²) in [4.78, 5) is 12.1. The van der Waals surface area contributed by atoms with E-state index in [1.807, 2.05) is 12.1 Å². The summed E-state index contributed by atoms with van der Waals surface area (Å²) < 4.78 is 27.8. The lowest BCUT2D eigenvalue weighted by atomic mass is 10.2.